The van der Waals surface area contributed by atoms with Gasteiger partial charge in [0.15, 0.2) is 5.76 Å². The molecule has 0 unspecified atom stereocenters. The van der Waals surface area contributed by atoms with Crippen molar-refractivity contribution >= 4 is 57.0 Å². The van der Waals surface area contributed by atoms with Gasteiger partial charge in [0.2, 0.25) is 17.7 Å². The number of carbonyl (C=O) groups is 2. The molecule has 0 aliphatic carbocycles. The standard InChI is InChI=1S/C31H34ClN9O7S/c1-2-3-4-5-15-48-31(44)40(29-36-28(34)41-30(37-29)35-27(38-41)24-9-7-16-47-24)14-6-8-19-10-12-20(13-11-19)39-49(45,46)21-17-22(26(33)43)25(42)23(32)18-21/h7,9-13,16-18,39,42H,2-6,8,14-15H2,1H3,(H2,33,43)(H2,34,35,36,37,38). The van der Waals surface area contributed by atoms with Crippen molar-refractivity contribution in [2.75, 3.05) is 28.5 Å². The third kappa shape index (κ3) is 8.36. The Labute approximate surface area is 286 Å². The number of carbonyl (C=O) groups excluding carboxylic acids is 2. The van der Waals surface area contributed by atoms with E-state index in [1.165, 1.54) is 15.7 Å². The van der Waals surface area contributed by atoms with Gasteiger partial charge >= 0.3 is 6.09 Å². The molecule has 0 radical (unpaired) electrons. The van der Waals surface area contributed by atoms with Crippen molar-refractivity contribution in [3.63, 3.8) is 0 Å². The van der Waals surface area contributed by atoms with Crippen LogP contribution in [-0.2, 0) is 21.2 Å². The number of fused-ring (bicyclic) bond motifs is 1. The number of nitrogens with zero attached hydrogens (tertiary/aromatic N) is 6. The number of aryl methyl sites for hydroxylation is 1. The lowest BCUT2D eigenvalue weighted by Crippen LogP contribution is -2.35. The van der Waals surface area contributed by atoms with Crippen LogP contribution in [0.1, 0.15) is 54.9 Å². The number of nitrogens with one attached hydrogen (secondary N) is 1. The fourth-order valence-corrected chi connectivity index (χ4v) is 6.17. The van der Waals surface area contributed by atoms with Gasteiger partial charge in [0.25, 0.3) is 21.7 Å². The summed E-state index contributed by atoms with van der Waals surface area (Å²) in [7, 11) is -4.19. The SMILES string of the molecule is CCCCCCOC(=O)N(CCCc1ccc(NS(=O)(=O)c2cc(Cl)c(O)c(C(N)=O)c2)cc1)c1nc(N)n2nc(-c3ccco3)nc2n1. The van der Waals surface area contributed by atoms with Crippen molar-refractivity contribution in [3.05, 3.63) is 70.9 Å². The number of rotatable bonds is 15. The molecule has 3 heterocycles. The van der Waals surface area contributed by atoms with E-state index in [9.17, 15) is 23.1 Å². The Morgan fingerprint density at radius 2 is 1.86 bits per heavy atom. The zero-order valence-electron chi connectivity index (χ0n) is 26.4. The maximum absolute atomic E-state index is 13.3. The zero-order chi connectivity index (χ0) is 35.1. The van der Waals surface area contributed by atoms with Crippen molar-refractivity contribution in [1.82, 2.24) is 24.6 Å². The predicted molar refractivity (Wildman–Crippen MR) is 181 cm³/mol. The molecule has 3 aromatic heterocycles. The number of halogens is 1. The van der Waals surface area contributed by atoms with Gasteiger partial charge in [-0.2, -0.15) is 19.5 Å². The van der Waals surface area contributed by atoms with Gasteiger partial charge in [-0.25, -0.2) is 18.1 Å². The third-order valence-corrected chi connectivity index (χ3v) is 8.96. The molecule has 0 aliphatic rings. The van der Waals surface area contributed by atoms with Gasteiger partial charge in [-0.1, -0.05) is 49.9 Å². The Balaban J connectivity index is 1.28. The lowest BCUT2D eigenvalue weighted by molar-refractivity contribution is 0.0997. The number of sulfonamides is 1. The first-order valence-corrected chi connectivity index (χ1v) is 17.2. The summed E-state index contributed by atoms with van der Waals surface area (Å²) >= 11 is 5.91. The summed E-state index contributed by atoms with van der Waals surface area (Å²) < 4.78 is 40.5. The molecule has 5 aromatic rings. The molecule has 0 saturated heterocycles. The number of nitrogens with two attached hydrogens (primary N) is 2. The van der Waals surface area contributed by atoms with Gasteiger partial charge in [0, 0.05) is 12.2 Å². The van der Waals surface area contributed by atoms with E-state index in [4.69, 9.17) is 32.2 Å². The minimum atomic E-state index is -4.19. The Kier molecular flexibility index (Phi) is 10.8. The van der Waals surface area contributed by atoms with E-state index in [1.807, 2.05) is 0 Å². The van der Waals surface area contributed by atoms with Crippen molar-refractivity contribution in [2.24, 2.45) is 5.73 Å². The summed E-state index contributed by atoms with van der Waals surface area (Å²) in [6.45, 7) is 2.49. The number of aromatic hydroxyl groups is 1. The molecule has 0 fully saturated rings. The predicted octanol–water partition coefficient (Wildman–Crippen LogP) is 4.78. The molecule has 2 amide bonds. The second kappa shape index (κ2) is 15.2. The maximum atomic E-state index is 13.3. The van der Waals surface area contributed by atoms with Gasteiger partial charge in [0.1, 0.15) is 5.75 Å². The summed E-state index contributed by atoms with van der Waals surface area (Å²) in [5.74, 6) is -0.896. The summed E-state index contributed by atoms with van der Waals surface area (Å²) in [6.07, 6.45) is 5.52. The molecule has 0 bridgehead atoms. The average Bonchev–Trinajstić information content (AvgIpc) is 3.75. The number of aromatic nitrogens is 5. The number of ether oxygens (including phenoxy) is 1. The number of unbranched alkanes of at least 4 members (excludes halogenated alkanes) is 3. The van der Waals surface area contributed by atoms with Crippen LogP contribution < -0.4 is 21.1 Å². The number of amides is 2. The molecule has 0 atom stereocenters. The topological polar surface area (TPSA) is 234 Å². The highest BCUT2D eigenvalue weighted by molar-refractivity contribution is 7.92. The Morgan fingerprint density at radius 1 is 1.08 bits per heavy atom. The monoisotopic (exact) mass is 711 g/mol. The van der Waals surface area contributed by atoms with Crippen LogP contribution in [0.25, 0.3) is 17.4 Å². The van der Waals surface area contributed by atoms with E-state index in [1.54, 1.807) is 36.4 Å². The molecule has 18 heteroatoms. The molecule has 2 aromatic carbocycles. The summed E-state index contributed by atoms with van der Waals surface area (Å²) in [6, 6.07) is 11.9. The number of benzene rings is 2. The van der Waals surface area contributed by atoms with Gasteiger partial charge in [-0.05, 0) is 61.2 Å². The normalized spacial score (nSPS) is 11.5. The quantitative estimate of drug-likeness (QED) is 0.107. The number of nitrogen functional groups attached to an aromatic ring is 1. The van der Waals surface area contributed by atoms with E-state index in [-0.39, 0.29) is 52.3 Å². The highest BCUT2D eigenvalue weighted by Gasteiger charge is 2.24. The van der Waals surface area contributed by atoms with Crippen molar-refractivity contribution in [3.8, 4) is 17.3 Å². The second-order valence-corrected chi connectivity index (χ2v) is 13.0. The molecule has 0 spiro atoms. The fourth-order valence-electron chi connectivity index (χ4n) is 4.78. The second-order valence-electron chi connectivity index (χ2n) is 10.9. The smallest absolute Gasteiger partial charge is 0.416 e. The van der Waals surface area contributed by atoms with Crippen LogP contribution in [0.2, 0.25) is 5.02 Å². The van der Waals surface area contributed by atoms with Crippen molar-refractivity contribution in [2.45, 2.75) is 50.3 Å². The number of anilines is 3. The maximum Gasteiger partial charge on any atom is 0.416 e. The molecule has 258 valence electrons. The minimum absolute atomic E-state index is 0.000495. The van der Waals surface area contributed by atoms with E-state index in [0.29, 0.717) is 25.0 Å². The van der Waals surface area contributed by atoms with Gasteiger partial charge in [-0.3, -0.25) is 9.52 Å². The molecule has 5 rings (SSSR count). The highest BCUT2D eigenvalue weighted by atomic mass is 35.5. The highest BCUT2D eigenvalue weighted by Crippen LogP contribution is 2.31. The largest absolute Gasteiger partial charge is 0.506 e. The van der Waals surface area contributed by atoms with Crippen LogP contribution in [0.15, 0.2) is 64.1 Å². The minimum Gasteiger partial charge on any atom is -0.506 e. The number of primary amides is 1. The average molecular weight is 712 g/mol. The molecular weight excluding hydrogens is 678 g/mol. The molecule has 0 saturated carbocycles. The molecule has 49 heavy (non-hydrogen) atoms. The number of phenols is 1. The van der Waals surface area contributed by atoms with E-state index in [2.05, 4.69) is 31.7 Å². The first-order chi connectivity index (χ1) is 23.5. The van der Waals surface area contributed by atoms with Crippen LogP contribution in [-0.4, -0.2) is 63.2 Å². The van der Waals surface area contributed by atoms with Crippen LogP contribution in [0.3, 0.4) is 0 Å². The van der Waals surface area contributed by atoms with Gasteiger partial charge in [-0.15, -0.1) is 5.10 Å². The van der Waals surface area contributed by atoms with Crippen LogP contribution in [0, 0.1) is 0 Å². The first kappa shape index (κ1) is 34.9. The molecule has 6 N–H and O–H groups in total. The van der Waals surface area contributed by atoms with Crippen LogP contribution >= 0.6 is 11.6 Å². The Bertz CT molecular complexity index is 2050. The summed E-state index contributed by atoms with van der Waals surface area (Å²) in [4.78, 5) is 38.9. The van der Waals surface area contributed by atoms with E-state index in [0.717, 1.165) is 37.0 Å². The number of hydrogen-bond donors (Lipinski definition) is 4. The van der Waals surface area contributed by atoms with E-state index < -0.39 is 33.3 Å². The first-order valence-electron chi connectivity index (χ1n) is 15.3. The third-order valence-electron chi connectivity index (χ3n) is 7.31. The summed E-state index contributed by atoms with van der Waals surface area (Å²) in [5, 5.41) is 13.9. The number of hydrogen-bond acceptors (Lipinski definition) is 12. The van der Waals surface area contributed by atoms with Gasteiger partial charge < -0.3 is 25.7 Å². The van der Waals surface area contributed by atoms with Crippen LogP contribution in [0.5, 0.6) is 5.75 Å². The lowest BCUT2D eigenvalue weighted by atomic mass is 10.1. The molecule has 16 nitrogen and oxygen atoms in total. The fraction of sp³-hybridized carbons (Fsp3) is 0.290. The van der Waals surface area contributed by atoms with E-state index >= 15 is 0 Å². The van der Waals surface area contributed by atoms with Crippen molar-refractivity contribution in [1.29, 1.82) is 0 Å². The van der Waals surface area contributed by atoms with Crippen LogP contribution in [0.4, 0.5) is 22.4 Å². The Morgan fingerprint density at radius 3 is 2.55 bits per heavy atom. The molecule has 0 aliphatic heterocycles. The lowest BCUT2D eigenvalue weighted by Gasteiger charge is -2.20. The zero-order valence-corrected chi connectivity index (χ0v) is 27.9. The molecular formula is C31H34ClN9O7S. The van der Waals surface area contributed by atoms with Crippen molar-refractivity contribution < 1.29 is 32.3 Å². The number of furan rings is 1. The summed E-state index contributed by atoms with van der Waals surface area (Å²) in [5.41, 5.74) is 12.1. The van der Waals surface area contributed by atoms with Gasteiger partial charge in [0.05, 0.1) is 28.4 Å². The Hall–Kier alpha value is -5.42.